The number of nitrogens with one attached hydrogen (secondary N) is 2. The lowest BCUT2D eigenvalue weighted by Crippen LogP contribution is -2.58. The minimum absolute atomic E-state index is 0.136. The highest BCUT2D eigenvalue weighted by Crippen LogP contribution is 2.20. The molecule has 5 atom stereocenters. The lowest BCUT2D eigenvalue weighted by atomic mass is 10.0. The number of hydrogen-bond acceptors (Lipinski definition) is 7. The van der Waals surface area contributed by atoms with E-state index in [1.54, 1.807) is 13.8 Å². The molecule has 30 heavy (non-hydrogen) atoms. The average Bonchev–Trinajstić information content (AvgIpc) is 3.12. The van der Waals surface area contributed by atoms with E-state index in [0.29, 0.717) is 19.4 Å². The standard InChI is InChI=1S/C18H31N5O7/c1-8(2)13(20)17(28)23-6-4-5-11(23)16(27)21-10(7-12(19)25)15(26)22-14(9(3)24)18(29)30/h8-11,13-14,24H,4-7,20H2,1-3H3,(H2,19,25)(H,21,27)(H,22,26)(H,29,30). The van der Waals surface area contributed by atoms with Crippen LogP contribution in [-0.2, 0) is 24.0 Å². The number of aliphatic hydroxyl groups excluding tert-OH is 1. The SMILES string of the molecule is CC(C)C(N)C(=O)N1CCCC1C(=O)NC(CC(N)=O)C(=O)NC(C(=O)O)C(C)O. The molecule has 0 aromatic rings. The number of primary amides is 1. The fourth-order valence-corrected chi connectivity index (χ4v) is 3.10. The topological polar surface area (TPSA) is 205 Å². The molecular weight excluding hydrogens is 398 g/mol. The maximum atomic E-state index is 12.8. The minimum atomic E-state index is -1.64. The number of nitrogens with two attached hydrogens (primary N) is 2. The smallest absolute Gasteiger partial charge is 0.328 e. The summed E-state index contributed by atoms with van der Waals surface area (Å²) in [6.07, 6.45) is -1.10. The summed E-state index contributed by atoms with van der Waals surface area (Å²) in [4.78, 5) is 61.7. The number of carbonyl (C=O) groups excluding carboxylic acids is 4. The molecule has 1 rings (SSSR count). The van der Waals surface area contributed by atoms with Crippen LogP contribution in [0.25, 0.3) is 0 Å². The number of hydrogen-bond donors (Lipinski definition) is 6. The van der Waals surface area contributed by atoms with Crippen LogP contribution in [0.1, 0.15) is 40.0 Å². The minimum Gasteiger partial charge on any atom is -0.480 e. The average molecular weight is 429 g/mol. The third kappa shape index (κ3) is 6.66. The van der Waals surface area contributed by atoms with Crippen molar-refractivity contribution >= 4 is 29.6 Å². The third-order valence-corrected chi connectivity index (χ3v) is 4.93. The Labute approximate surface area is 174 Å². The summed E-state index contributed by atoms with van der Waals surface area (Å²) < 4.78 is 0. The Kier molecular flexibility index (Phi) is 9.18. The molecule has 4 amide bonds. The Bertz CT molecular complexity index is 682. The normalized spacial score (nSPS) is 20.2. The number of nitrogens with zero attached hydrogens (tertiary/aromatic N) is 1. The summed E-state index contributed by atoms with van der Waals surface area (Å²) in [6, 6.07) is -4.77. The largest absolute Gasteiger partial charge is 0.480 e. The Morgan fingerprint density at radius 3 is 2.20 bits per heavy atom. The maximum Gasteiger partial charge on any atom is 0.328 e. The second-order valence-electron chi connectivity index (χ2n) is 7.76. The molecule has 0 spiro atoms. The van der Waals surface area contributed by atoms with Gasteiger partial charge in [0.2, 0.25) is 23.6 Å². The van der Waals surface area contributed by atoms with E-state index in [1.165, 1.54) is 11.8 Å². The predicted octanol–water partition coefficient (Wildman–Crippen LogP) is -2.73. The fourth-order valence-electron chi connectivity index (χ4n) is 3.10. The van der Waals surface area contributed by atoms with Crippen molar-refractivity contribution in [1.29, 1.82) is 0 Å². The molecule has 0 aliphatic carbocycles. The van der Waals surface area contributed by atoms with Gasteiger partial charge in [-0.25, -0.2) is 4.79 Å². The molecule has 0 saturated carbocycles. The van der Waals surface area contributed by atoms with Crippen LogP contribution in [0.4, 0.5) is 0 Å². The highest BCUT2D eigenvalue weighted by Gasteiger charge is 2.39. The van der Waals surface area contributed by atoms with E-state index in [4.69, 9.17) is 16.6 Å². The van der Waals surface area contributed by atoms with Gasteiger partial charge in [0.15, 0.2) is 6.04 Å². The van der Waals surface area contributed by atoms with E-state index in [-0.39, 0.29) is 5.92 Å². The van der Waals surface area contributed by atoms with Gasteiger partial charge in [-0.15, -0.1) is 0 Å². The molecule has 1 saturated heterocycles. The van der Waals surface area contributed by atoms with Gasteiger partial charge in [0.25, 0.3) is 0 Å². The summed E-state index contributed by atoms with van der Waals surface area (Å²) in [7, 11) is 0. The first-order valence-corrected chi connectivity index (χ1v) is 9.72. The highest BCUT2D eigenvalue weighted by molar-refractivity contribution is 5.96. The van der Waals surface area contributed by atoms with Crippen molar-refractivity contribution in [3.05, 3.63) is 0 Å². The van der Waals surface area contributed by atoms with Crippen molar-refractivity contribution in [2.24, 2.45) is 17.4 Å². The summed E-state index contributed by atoms with van der Waals surface area (Å²) in [5, 5.41) is 23.0. The van der Waals surface area contributed by atoms with E-state index in [2.05, 4.69) is 10.6 Å². The van der Waals surface area contributed by atoms with Gasteiger partial charge in [0.1, 0.15) is 12.1 Å². The van der Waals surface area contributed by atoms with Crippen LogP contribution in [-0.4, -0.2) is 81.5 Å². The van der Waals surface area contributed by atoms with Crippen LogP contribution in [0, 0.1) is 5.92 Å². The van der Waals surface area contributed by atoms with E-state index < -0.39 is 66.3 Å². The molecule has 12 nitrogen and oxygen atoms in total. The van der Waals surface area contributed by atoms with Crippen molar-refractivity contribution in [2.75, 3.05) is 6.54 Å². The summed E-state index contributed by atoms with van der Waals surface area (Å²) >= 11 is 0. The van der Waals surface area contributed by atoms with E-state index >= 15 is 0 Å². The van der Waals surface area contributed by atoms with Crippen LogP contribution in [0.2, 0.25) is 0 Å². The van der Waals surface area contributed by atoms with Crippen LogP contribution >= 0.6 is 0 Å². The maximum absolute atomic E-state index is 12.8. The number of carboxylic acids is 1. The first kappa shape index (κ1) is 25.3. The monoisotopic (exact) mass is 429 g/mol. The highest BCUT2D eigenvalue weighted by atomic mass is 16.4. The summed E-state index contributed by atoms with van der Waals surface area (Å²) in [5.41, 5.74) is 11.0. The van der Waals surface area contributed by atoms with Gasteiger partial charge < -0.3 is 37.2 Å². The number of likely N-dealkylation sites (tertiary alicyclic amines) is 1. The zero-order valence-corrected chi connectivity index (χ0v) is 17.3. The Morgan fingerprint density at radius 1 is 1.13 bits per heavy atom. The second kappa shape index (κ2) is 10.9. The quantitative estimate of drug-likeness (QED) is 0.214. The molecule has 1 fully saturated rings. The molecule has 170 valence electrons. The van der Waals surface area contributed by atoms with Gasteiger partial charge in [-0.3, -0.25) is 19.2 Å². The molecule has 0 bridgehead atoms. The number of aliphatic hydroxyl groups is 1. The first-order valence-electron chi connectivity index (χ1n) is 9.72. The van der Waals surface area contributed by atoms with Gasteiger partial charge in [0, 0.05) is 6.54 Å². The van der Waals surface area contributed by atoms with E-state index in [9.17, 15) is 29.1 Å². The van der Waals surface area contributed by atoms with Crippen molar-refractivity contribution in [1.82, 2.24) is 15.5 Å². The van der Waals surface area contributed by atoms with Gasteiger partial charge in [0.05, 0.1) is 18.6 Å². The molecule has 12 heteroatoms. The Morgan fingerprint density at radius 2 is 1.73 bits per heavy atom. The van der Waals surface area contributed by atoms with Crippen LogP contribution < -0.4 is 22.1 Å². The number of carbonyl (C=O) groups is 5. The Balaban J connectivity index is 2.94. The predicted molar refractivity (Wildman–Crippen MR) is 105 cm³/mol. The van der Waals surface area contributed by atoms with Crippen molar-refractivity contribution < 1.29 is 34.2 Å². The molecule has 5 unspecified atom stereocenters. The number of carboxylic acid groups (broad SMARTS) is 1. The molecule has 1 aliphatic heterocycles. The van der Waals surface area contributed by atoms with Crippen molar-refractivity contribution in [3.8, 4) is 0 Å². The lowest BCUT2D eigenvalue weighted by Gasteiger charge is -2.29. The van der Waals surface area contributed by atoms with Crippen molar-refractivity contribution in [3.63, 3.8) is 0 Å². The Hall–Kier alpha value is -2.73. The number of aliphatic carboxylic acids is 1. The molecule has 0 radical (unpaired) electrons. The first-order chi connectivity index (χ1) is 13.9. The van der Waals surface area contributed by atoms with Crippen LogP contribution in [0.5, 0.6) is 0 Å². The van der Waals surface area contributed by atoms with E-state index in [0.717, 1.165) is 0 Å². The molecule has 0 aromatic carbocycles. The lowest BCUT2D eigenvalue weighted by molar-refractivity contribution is -0.145. The second-order valence-corrected chi connectivity index (χ2v) is 7.76. The fraction of sp³-hybridized carbons (Fsp3) is 0.722. The zero-order chi connectivity index (χ0) is 23.2. The number of amides is 4. The van der Waals surface area contributed by atoms with Crippen LogP contribution in [0.3, 0.4) is 0 Å². The van der Waals surface area contributed by atoms with Gasteiger partial charge in [-0.2, -0.15) is 0 Å². The number of rotatable bonds is 10. The third-order valence-electron chi connectivity index (χ3n) is 4.93. The molecule has 1 aliphatic rings. The molecule has 8 N–H and O–H groups in total. The molecule has 0 aromatic heterocycles. The van der Waals surface area contributed by atoms with Crippen LogP contribution in [0.15, 0.2) is 0 Å². The van der Waals surface area contributed by atoms with Gasteiger partial charge >= 0.3 is 5.97 Å². The van der Waals surface area contributed by atoms with Gasteiger partial charge in [-0.05, 0) is 25.7 Å². The van der Waals surface area contributed by atoms with E-state index in [1.807, 2.05) is 0 Å². The molecule has 1 heterocycles. The van der Waals surface area contributed by atoms with Crippen molar-refractivity contribution in [2.45, 2.75) is 70.3 Å². The van der Waals surface area contributed by atoms with Gasteiger partial charge in [-0.1, -0.05) is 13.8 Å². The molecular formula is C18H31N5O7. The summed E-state index contributed by atoms with van der Waals surface area (Å²) in [5.74, 6) is -4.59. The zero-order valence-electron chi connectivity index (χ0n) is 17.3. The summed E-state index contributed by atoms with van der Waals surface area (Å²) in [6.45, 7) is 5.05.